The molecule has 3 aromatic rings. The van der Waals surface area contributed by atoms with Crippen LogP contribution in [0.25, 0.3) is 0 Å². The number of carbonyl (C=O) groups is 2. The Morgan fingerprint density at radius 1 is 0.972 bits per heavy atom. The summed E-state index contributed by atoms with van der Waals surface area (Å²) in [6, 6.07) is 16.9. The summed E-state index contributed by atoms with van der Waals surface area (Å²) in [4.78, 5) is 32.4. The Balaban J connectivity index is 1.53. The number of rotatable bonds is 5. The Morgan fingerprint density at radius 3 is 2.58 bits per heavy atom. The van der Waals surface area contributed by atoms with Gasteiger partial charge in [-0.05, 0) is 79.4 Å². The third-order valence-corrected chi connectivity index (χ3v) is 6.70. The molecule has 0 aliphatic carbocycles. The molecular formula is C29H33ClN4O2. The fourth-order valence-corrected chi connectivity index (χ4v) is 4.58. The van der Waals surface area contributed by atoms with Gasteiger partial charge in [-0.2, -0.15) is 0 Å². The van der Waals surface area contributed by atoms with E-state index in [2.05, 4.69) is 15.6 Å². The molecule has 7 heteroatoms. The first-order valence-corrected chi connectivity index (χ1v) is 13.1. The van der Waals surface area contributed by atoms with Gasteiger partial charge in [-0.3, -0.25) is 14.6 Å². The topological polar surface area (TPSA) is 74.3 Å². The Hall–Kier alpha value is -3.22. The third kappa shape index (κ3) is 7.15. The zero-order valence-corrected chi connectivity index (χ0v) is 21.3. The highest BCUT2D eigenvalue weighted by Gasteiger charge is 2.22. The molecule has 1 aliphatic rings. The van der Waals surface area contributed by atoms with Crippen LogP contribution in [0.3, 0.4) is 0 Å². The standard InChI is InChI=1S/C29H33ClN4O2/c30-26-11-8-22(9-12-26)14-17-33-28(35)23-10-13-27-25(19-23)21-31-15-4-2-1-3-5-18-34(27)29(36)24-7-6-16-32-20-24/h6-13,16,19-20,31H,1-5,14-15,17-18,21H2,(H,33,35). The number of aromatic nitrogens is 1. The van der Waals surface area contributed by atoms with Crippen molar-refractivity contribution >= 4 is 29.1 Å². The first kappa shape index (κ1) is 25.9. The maximum Gasteiger partial charge on any atom is 0.259 e. The van der Waals surface area contributed by atoms with Crippen molar-refractivity contribution in [2.45, 2.75) is 45.1 Å². The lowest BCUT2D eigenvalue weighted by atomic mass is 10.0. The molecule has 36 heavy (non-hydrogen) atoms. The Labute approximate surface area is 218 Å². The largest absolute Gasteiger partial charge is 0.352 e. The number of nitrogens with zero attached hydrogens (tertiary/aromatic N) is 2. The van der Waals surface area contributed by atoms with Gasteiger partial charge in [0.2, 0.25) is 0 Å². The van der Waals surface area contributed by atoms with Crippen LogP contribution < -0.4 is 15.5 Å². The third-order valence-electron chi connectivity index (χ3n) is 6.45. The van der Waals surface area contributed by atoms with E-state index >= 15 is 0 Å². The maximum atomic E-state index is 13.5. The van der Waals surface area contributed by atoms with Crippen LogP contribution in [-0.4, -0.2) is 36.4 Å². The van der Waals surface area contributed by atoms with Gasteiger partial charge in [-0.1, -0.05) is 43.0 Å². The highest BCUT2D eigenvalue weighted by atomic mass is 35.5. The molecule has 2 N–H and O–H groups in total. The summed E-state index contributed by atoms with van der Waals surface area (Å²) in [6.45, 7) is 2.67. The number of pyridine rings is 1. The van der Waals surface area contributed by atoms with E-state index in [4.69, 9.17) is 11.6 Å². The summed E-state index contributed by atoms with van der Waals surface area (Å²) >= 11 is 5.95. The minimum absolute atomic E-state index is 0.0680. The predicted octanol–water partition coefficient (Wildman–Crippen LogP) is 5.41. The zero-order valence-electron chi connectivity index (χ0n) is 20.5. The van der Waals surface area contributed by atoms with E-state index < -0.39 is 0 Å². The molecule has 0 bridgehead atoms. The van der Waals surface area contributed by atoms with Crippen LogP contribution in [0.15, 0.2) is 67.0 Å². The van der Waals surface area contributed by atoms with Gasteiger partial charge in [0, 0.05) is 48.3 Å². The fraction of sp³-hybridized carbons (Fsp3) is 0.345. The van der Waals surface area contributed by atoms with Gasteiger partial charge < -0.3 is 15.5 Å². The van der Waals surface area contributed by atoms with E-state index in [0.29, 0.717) is 35.8 Å². The lowest BCUT2D eigenvalue weighted by molar-refractivity contribution is 0.0953. The number of nitrogens with one attached hydrogen (secondary N) is 2. The van der Waals surface area contributed by atoms with E-state index in [-0.39, 0.29) is 11.8 Å². The molecule has 0 radical (unpaired) electrons. The normalized spacial score (nSPS) is 14.8. The highest BCUT2D eigenvalue weighted by Crippen LogP contribution is 2.26. The molecule has 1 aromatic heterocycles. The van der Waals surface area contributed by atoms with Crippen molar-refractivity contribution in [1.82, 2.24) is 15.6 Å². The average Bonchev–Trinajstić information content (AvgIpc) is 2.90. The average molecular weight is 505 g/mol. The van der Waals surface area contributed by atoms with Crippen molar-refractivity contribution in [3.8, 4) is 0 Å². The molecule has 6 nitrogen and oxygen atoms in total. The summed E-state index contributed by atoms with van der Waals surface area (Å²) in [5.41, 5.74) is 4.05. The van der Waals surface area contributed by atoms with E-state index in [1.807, 2.05) is 47.4 Å². The monoisotopic (exact) mass is 504 g/mol. The van der Waals surface area contributed by atoms with Crippen molar-refractivity contribution in [1.29, 1.82) is 0 Å². The molecule has 0 atom stereocenters. The molecule has 188 valence electrons. The van der Waals surface area contributed by atoms with Crippen molar-refractivity contribution in [3.05, 3.63) is 94.3 Å². The molecule has 0 fully saturated rings. The number of carbonyl (C=O) groups excluding carboxylic acids is 2. The van der Waals surface area contributed by atoms with Gasteiger partial charge in [0.15, 0.2) is 0 Å². The van der Waals surface area contributed by atoms with Crippen molar-refractivity contribution in [3.63, 3.8) is 0 Å². The summed E-state index contributed by atoms with van der Waals surface area (Å²) in [5, 5.41) is 7.22. The number of halogens is 1. The van der Waals surface area contributed by atoms with E-state index in [1.54, 1.807) is 24.5 Å². The molecule has 2 amide bonds. The van der Waals surface area contributed by atoms with E-state index in [9.17, 15) is 9.59 Å². The lowest BCUT2D eigenvalue weighted by Gasteiger charge is -2.26. The number of anilines is 1. The molecule has 1 aliphatic heterocycles. The van der Waals surface area contributed by atoms with Crippen LogP contribution in [-0.2, 0) is 13.0 Å². The zero-order chi connectivity index (χ0) is 25.2. The number of hydrogen-bond donors (Lipinski definition) is 2. The van der Waals surface area contributed by atoms with E-state index in [0.717, 1.165) is 49.0 Å². The molecule has 0 saturated heterocycles. The first-order valence-electron chi connectivity index (χ1n) is 12.7. The molecule has 0 spiro atoms. The predicted molar refractivity (Wildman–Crippen MR) is 145 cm³/mol. The van der Waals surface area contributed by atoms with Crippen molar-refractivity contribution < 1.29 is 9.59 Å². The summed E-state index contributed by atoms with van der Waals surface area (Å²) in [7, 11) is 0. The summed E-state index contributed by atoms with van der Waals surface area (Å²) < 4.78 is 0. The van der Waals surface area contributed by atoms with E-state index in [1.165, 1.54) is 12.8 Å². The van der Waals surface area contributed by atoms with Gasteiger partial charge in [0.05, 0.1) is 5.56 Å². The summed E-state index contributed by atoms with van der Waals surface area (Å²) in [6.07, 6.45) is 9.49. The molecule has 0 saturated carbocycles. The first-order chi connectivity index (χ1) is 17.6. The second-order valence-electron chi connectivity index (χ2n) is 9.12. The van der Waals surface area contributed by atoms with Crippen LogP contribution in [0.5, 0.6) is 0 Å². The van der Waals surface area contributed by atoms with Gasteiger partial charge in [0.1, 0.15) is 0 Å². The van der Waals surface area contributed by atoms with Crippen molar-refractivity contribution in [2.75, 3.05) is 24.5 Å². The Morgan fingerprint density at radius 2 is 1.78 bits per heavy atom. The Bertz CT molecular complexity index is 1150. The number of benzene rings is 2. The number of hydrogen-bond acceptors (Lipinski definition) is 4. The Kier molecular flexibility index (Phi) is 9.47. The SMILES string of the molecule is O=C(NCCc1ccc(Cl)cc1)c1ccc2c(c1)CNCCCCCCCN2C(=O)c1cccnc1. The van der Waals surface area contributed by atoms with Gasteiger partial charge in [-0.15, -0.1) is 0 Å². The van der Waals surface area contributed by atoms with Crippen LogP contribution in [0.1, 0.15) is 63.9 Å². The lowest BCUT2D eigenvalue weighted by Crippen LogP contribution is -2.34. The smallest absolute Gasteiger partial charge is 0.259 e. The van der Waals surface area contributed by atoms with Crippen molar-refractivity contribution in [2.24, 2.45) is 0 Å². The second-order valence-corrected chi connectivity index (χ2v) is 9.56. The van der Waals surface area contributed by atoms with Crippen LogP contribution in [0, 0.1) is 0 Å². The van der Waals surface area contributed by atoms with Crippen LogP contribution in [0.2, 0.25) is 5.02 Å². The molecular weight excluding hydrogens is 472 g/mol. The minimum Gasteiger partial charge on any atom is -0.352 e. The van der Waals surface area contributed by atoms with Crippen LogP contribution >= 0.6 is 11.6 Å². The molecule has 4 rings (SSSR count). The highest BCUT2D eigenvalue weighted by molar-refractivity contribution is 6.30. The second kappa shape index (κ2) is 13.2. The fourth-order valence-electron chi connectivity index (χ4n) is 4.45. The number of fused-ring (bicyclic) bond motifs is 1. The summed E-state index contributed by atoms with van der Waals surface area (Å²) in [5.74, 6) is -0.190. The number of amides is 2. The van der Waals surface area contributed by atoms with Crippen LogP contribution in [0.4, 0.5) is 5.69 Å². The molecule has 2 heterocycles. The quantitative estimate of drug-likeness (QED) is 0.487. The maximum absolute atomic E-state index is 13.5. The van der Waals surface area contributed by atoms with Gasteiger partial charge in [-0.25, -0.2) is 0 Å². The van der Waals surface area contributed by atoms with Gasteiger partial charge in [0.25, 0.3) is 11.8 Å². The van der Waals surface area contributed by atoms with Gasteiger partial charge >= 0.3 is 0 Å². The minimum atomic E-state index is -0.122. The molecule has 0 unspecified atom stereocenters. The molecule has 2 aromatic carbocycles.